The molecule has 1 aromatic carbocycles. The maximum Gasteiger partial charge on any atom is 0.134 e. The molecule has 1 fully saturated rings. The maximum absolute atomic E-state index is 5.93. The van der Waals surface area contributed by atoms with Crippen molar-refractivity contribution in [1.29, 1.82) is 0 Å². The van der Waals surface area contributed by atoms with Crippen LogP contribution in [-0.4, -0.2) is 56.1 Å². The van der Waals surface area contributed by atoms with Gasteiger partial charge in [0.05, 0.1) is 6.54 Å². The fraction of sp³-hybridized carbons (Fsp3) is 0.500. The Morgan fingerprint density at radius 3 is 2.54 bits per heavy atom. The first-order chi connectivity index (χ1) is 11.7. The summed E-state index contributed by atoms with van der Waals surface area (Å²) in [6.45, 7) is 10.1. The number of furan rings is 1. The molecule has 0 spiro atoms. The number of benzene rings is 1. The third-order valence-electron chi connectivity index (χ3n) is 4.68. The Hall–Kier alpha value is -1.62. The van der Waals surface area contributed by atoms with Crippen molar-refractivity contribution in [2.75, 3.05) is 46.3 Å². The SMILES string of the molecule is CC(CNCc1ccc(-c2ccccc2)o1)CN1CCN(C)CC1. The van der Waals surface area contributed by atoms with Crippen LogP contribution in [0.4, 0.5) is 0 Å². The van der Waals surface area contributed by atoms with E-state index in [0.717, 1.165) is 30.2 Å². The second-order valence-corrected chi connectivity index (χ2v) is 6.97. The van der Waals surface area contributed by atoms with Crippen LogP contribution in [0.25, 0.3) is 11.3 Å². The van der Waals surface area contributed by atoms with Gasteiger partial charge < -0.3 is 19.5 Å². The summed E-state index contributed by atoms with van der Waals surface area (Å²) in [4.78, 5) is 4.98. The Bertz CT molecular complexity index is 602. The van der Waals surface area contributed by atoms with Gasteiger partial charge >= 0.3 is 0 Å². The monoisotopic (exact) mass is 327 g/mol. The second-order valence-electron chi connectivity index (χ2n) is 6.97. The number of rotatable bonds is 7. The quantitative estimate of drug-likeness (QED) is 0.847. The summed E-state index contributed by atoms with van der Waals surface area (Å²) < 4.78 is 5.93. The van der Waals surface area contributed by atoms with Crippen LogP contribution in [0.15, 0.2) is 46.9 Å². The lowest BCUT2D eigenvalue weighted by Gasteiger charge is -2.33. The number of likely N-dealkylation sites (N-methyl/N-ethyl adjacent to an activating group) is 1. The first-order valence-corrected chi connectivity index (χ1v) is 8.96. The molecular formula is C20H29N3O. The molecule has 4 heteroatoms. The van der Waals surface area contributed by atoms with E-state index < -0.39 is 0 Å². The van der Waals surface area contributed by atoms with Crippen LogP contribution < -0.4 is 5.32 Å². The van der Waals surface area contributed by atoms with Gasteiger partial charge in [0.15, 0.2) is 0 Å². The lowest BCUT2D eigenvalue weighted by Crippen LogP contribution is -2.46. The molecule has 0 amide bonds. The Morgan fingerprint density at radius 2 is 1.79 bits per heavy atom. The van der Waals surface area contributed by atoms with Gasteiger partial charge in [-0.2, -0.15) is 0 Å². The van der Waals surface area contributed by atoms with Crippen LogP contribution in [0.3, 0.4) is 0 Å². The van der Waals surface area contributed by atoms with Gasteiger partial charge in [0.1, 0.15) is 11.5 Å². The summed E-state index contributed by atoms with van der Waals surface area (Å²) in [6, 6.07) is 14.4. The number of hydrogen-bond donors (Lipinski definition) is 1. The Labute approximate surface area is 145 Å². The first-order valence-electron chi connectivity index (χ1n) is 8.96. The van der Waals surface area contributed by atoms with Crippen LogP contribution in [0.2, 0.25) is 0 Å². The van der Waals surface area contributed by atoms with Crippen LogP contribution in [0.5, 0.6) is 0 Å². The van der Waals surface area contributed by atoms with Gasteiger partial charge in [-0.05, 0) is 31.6 Å². The average molecular weight is 327 g/mol. The van der Waals surface area contributed by atoms with E-state index in [2.05, 4.69) is 53.4 Å². The summed E-state index contributed by atoms with van der Waals surface area (Å²) in [5.74, 6) is 2.59. The van der Waals surface area contributed by atoms with Crippen molar-refractivity contribution in [2.45, 2.75) is 13.5 Å². The molecule has 3 rings (SSSR count). The van der Waals surface area contributed by atoms with Crippen LogP contribution in [0, 0.1) is 5.92 Å². The third-order valence-corrected chi connectivity index (χ3v) is 4.68. The van der Waals surface area contributed by atoms with Crippen molar-refractivity contribution in [2.24, 2.45) is 5.92 Å². The Morgan fingerprint density at radius 1 is 1.04 bits per heavy atom. The number of piperazine rings is 1. The van der Waals surface area contributed by atoms with Gasteiger partial charge in [-0.15, -0.1) is 0 Å². The molecule has 130 valence electrons. The third kappa shape index (κ3) is 4.94. The predicted octanol–water partition coefficient (Wildman–Crippen LogP) is 2.92. The summed E-state index contributed by atoms with van der Waals surface area (Å²) in [6.07, 6.45) is 0. The minimum Gasteiger partial charge on any atom is -0.460 e. The maximum atomic E-state index is 5.93. The minimum absolute atomic E-state index is 0.650. The molecule has 1 aliphatic heterocycles. The molecule has 1 N–H and O–H groups in total. The van der Waals surface area contributed by atoms with Crippen molar-refractivity contribution in [3.8, 4) is 11.3 Å². The smallest absolute Gasteiger partial charge is 0.134 e. The van der Waals surface area contributed by atoms with E-state index in [1.807, 2.05) is 18.2 Å². The zero-order valence-corrected chi connectivity index (χ0v) is 14.9. The largest absolute Gasteiger partial charge is 0.460 e. The van der Waals surface area contributed by atoms with E-state index in [1.165, 1.54) is 32.7 Å². The van der Waals surface area contributed by atoms with E-state index in [0.29, 0.717) is 5.92 Å². The van der Waals surface area contributed by atoms with Gasteiger partial charge in [-0.1, -0.05) is 37.3 Å². The van der Waals surface area contributed by atoms with Crippen molar-refractivity contribution in [1.82, 2.24) is 15.1 Å². The van der Waals surface area contributed by atoms with Gasteiger partial charge in [0.2, 0.25) is 0 Å². The molecule has 0 bridgehead atoms. The highest BCUT2D eigenvalue weighted by molar-refractivity contribution is 5.57. The molecule has 4 nitrogen and oxygen atoms in total. The molecular weight excluding hydrogens is 298 g/mol. The molecule has 1 unspecified atom stereocenters. The molecule has 2 aromatic rings. The van der Waals surface area contributed by atoms with E-state index >= 15 is 0 Å². The molecule has 24 heavy (non-hydrogen) atoms. The summed E-state index contributed by atoms with van der Waals surface area (Å²) >= 11 is 0. The molecule has 1 atom stereocenters. The highest BCUT2D eigenvalue weighted by Crippen LogP contribution is 2.21. The molecule has 1 aromatic heterocycles. The summed E-state index contributed by atoms with van der Waals surface area (Å²) in [7, 11) is 2.20. The number of nitrogens with one attached hydrogen (secondary N) is 1. The van der Waals surface area contributed by atoms with E-state index in [4.69, 9.17) is 4.42 Å². The fourth-order valence-corrected chi connectivity index (χ4v) is 3.21. The second kappa shape index (κ2) is 8.47. The molecule has 0 saturated carbocycles. The molecule has 0 radical (unpaired) electrons. The number of nitrogens with zero attached hydrogens (tertiary/aromatic N) is 2. The van der Waals surface area contributed by atoms with Crippen LogP contribution in [-0.2, 0) is 6.54 Å². The van der Waals surface area contributed by atoms with E-state index in [-0.39, 0.29) is 0 Å². The zero-order chi connectivity index (χ0) is 16.8. The standard InChI is InChI=1S/C20H29N3O/c1-17(16-23-12-10-22(2)11-13-23)14-21-15-19-8-9-20(24-19)18-6-4-3-5-7-18/h3-9,17,21H,10-16H2,1-2H3. The van der Waals surface area contributed by atoms with Crippen molar-refractivity contribution in [3.05, 3.63) is 48.2 Å². The van der Waals surface area contributed by atoms with Gasteiger partial charge in [0.25, 0.3) is 0 Å². The van der Waals surface area contributed by atoms with Crippen molar-refractivity contribution < 1.29 is 4.42 Å². The van der Waals surface area contributed by atoms with Gasteiger partial charge in [-0.3, -0.25) is 0 Å². The number of hydrogen-bond acceptors (Lipinski definition) is 4. The fourth-order valence-electron chi connectivity index (χ4n) is 3.21. The average Bonchev–Trinajstić information content (AvgIpc) is 3.07. The topological polar surface area (TPSA) is 31.7 Å². The summed E-state index contributed by atoms with van der Waals surface area (Å²) in [5.41, 5.74) is 1.13. The lowest BCUT2D eigenvalue weighted by atomic mass is 10.1. The normalized spacial score (nSPS) is 17.9. The Balaban J connectivity index is 1.39. The predicted molar refractivity (Wildman–Crippen MR) is 99.0 cm³/mol. The molecule has 1 aliphatic rings. The molecule has 0 aliphatic carbocycles. The lowest BCUT2D eigenvalue weighted by molar-refractivity contribution is 0.138. The van der Waals surface area contributed by atoms with Crippen LogP contribution >= 0.6 is 0 Å². The van der Waals surface area contributed by atoms with E-state index in [1.54, 1.807) is 0 Å². The summed E-state index contributed by atoms with van der Waals surface area (Å²) in [5, 5.41) is 3.53. The highest BCUT2D eigenvalue weighted by Gasteiger charge is 2.15. The van der Waals surface area contributed by atoms with Crippen LogP contribution in [0.1, 0.15) is 12.7 Å². The van der Waals surface area contributed by atoms with Gasteiger partial charge in [0, 0.05) is 38.3 Å². The van der Waals surface area contributed by atoms with Gasteiger partial charge in [-0.25, -0.2) is 0 Å². The minimum atomic E-state index is 0.650. The van der Waals surface area contributed by atoms with Crippen molar-refractivity contribution >= 4 is 0 Å². The Kier molecular flexibility index (Phi) is 6.07. The molecule has 2 heterocycles. The van der Waals surface area contributed by atoms with E-state index in [9.17, 15) is 0 Å². The first kappa shape index (κ1) is 17.2. The van der Waals surface area contributed by atoms with Crippen molar-refractivity contribution in [3.63, 3.8) is 0 Å². The zero-order valence-electron chi connectivity index (χ0n) is 14.9. The molecule has 1 saturated heterocycles. The highest BCUT2D eigenvalue weighted by atomic mass is 16.3.